The SMILES string of the molecule is Cc1cc(-c2ccc(F)cc2)c(C(=O)O)c(C)n1. The lowest BCUT2D eigenvalue weighted by Gasteiger charge is -2.10. The number of rotatable bonds is 2. The number of nitrogens with zero attached hydrogens (tertiary/aromatic N) is 1. The quantitative estimate of drug-likeness (QED) is 0.883. The third-order valence-corrected chi connectivity index (χ3v) is 2.70. The highest BCUT2D eigenvalue weighted by molar-refractivity contribution is 5.97. The summed E-state index contributed by atoms with van der Waals surface area (Å²) in [7, 11) is 0. The smallest absolute Gasteiger partial charge is 0.338 e. The Morgan fingerprint density at radius 1 is 1.22 bits per heavy atom. The molecule has 4 heteroatoms. The highest BCUT2D eigenvalue weighted by atomic mass is 19.1. The van der Waals surface area contributed by atoms with Crippen molar-refractivity contribution in [2.75, 3.05) is 0 Å². The van der Waals surface area contributed by atoms with E-state index >= 15 is 0 Å². The minimum absolute atomic E-state index is 0.159. The van der Waals surface area contributed by atoms with Crippen LogP contribution in [-0.4, -0.2) is 16.1 Å². The number of aryl methyl sites for hydroxylation is 2. The van der Waals surface area contributed by atoms with Crippen LogP contribution in [0.3, 0.4) is 0 Å². The molecule has 2 aromatic rings. The van der Waals surface area contributed by atoms with E-state index in [0.717, 1.165) is 5.69 Å². The van der Waals surface area contributed by atoms with Gasteiger partial charge in [-0.25, -0.2) is 9.18 Å². The molecule has 2 rings (SSSR count). The summed E-state index contributed by atoms with van der Waals surface area (Å²) in [5.41, 5.74) is 2.58. The molecule has 0 saturated carbocycles. The molecule has 3 nitrogen and oxygen atoms in total. The number of benzene rings is 1. The number of aromatic carboxylic acids is 1. The van der Waals surface area contributed by atoms with Crippen molar-refractivity contribution < 1.29 is 14.3 Å². The van der Waals surface area contributed by atoms with E-state index in [9.17, 15) is 14.3 Å². The van der Waals surface area contributed by atoms with E-state index in [2.05, 4.69) is 4.98 Å². The topological polar surface area (TPSA) is 50.2 Å². The second kappa shape index (κ2) is 4.56. The predicted molar refractivity (Wildman–Crippen MR) is 66.1 cm³/mol. The van der Waals surface area contributed by atoms with Gasteiger partial charge in [0.1, 0.15) is 5.82 Å². The number of hydrogen-bond acceptors (Lipinski definition) is 2. The zero-order chi connectivity index (χ0) is 13.3. The van der Waals surface area contributed by atoms with E-state index in [-0.39, 0.29) is 11.4 Å². The Hall–Kier alpha value is -2.23. The van der Waals surface area contributed by atoms with E-state index in [1.54, 1.807) is 32.0 Å². The monoisotopic (exact) mass is 245 g/mol. The van der Waals surface area contributed by atoms with E-state index in [1.165, 1.54) is 12.1 Å². The molecule has 0 spiro atoms. The van der Waals surface area contributed by atoms with Crippen molar-refractivity contribution in [3.8, 4) is 11.1 Å². The summed E-state index contributed by atoms with van der Waals surface area (Å²) in [6, 6.07) is 7.45. The predicted octanol–water partition coefficient (Wildman–Crippen LogP) is 3.20. The summed E-state index contributed by atoms with van der Waals surface area (Å²) < 4.78 is 12.9. The molecule has 0 amide bonds. The van der Waals surface area contributed by atoms with Crippen molar-refractivity contribution in [2.24, 2.45) is 0 Å². The van der Waals surface area contributed by atoms with Gasteiger partial charge >= 0.3 is 5.97 Å². The van der Waals surface area contributed by atoms with Gasteiger partial charge in [0.2, 0.25) is 0 Å². The molecule has 1 N–H and O–H groups in total. The number of aromatic nitrogens is 1. The maximum absolute atomic E-state index is 12.9. The summed E-state index contributed by atoms with van der Waals surface area (Å²) in [4.78, 5) is 15.4. The third kappa shape index (κ3) is 2.22. The van der Waals surface area contributed by atoms with Crippen LogP contribution in [0.15, 0.2) is 30.3 Å². The molecular weight excluding hydrogens is 233 g/mol. The highest BCUT2D eigenvalue weighted by Gasteiger charge is 2.16. The summed E-state index contributed by atoms with van der Waals surface area (Å²) in [6.07, 6.45) is 0. The van der Waals surface area contributed by atoms with Crippen LogP contribution < -0.4 is 0 Å². The Kier molecular flexibility index (Phi) is 3.10. The molecule has 0 saturated heterocycles. The molecule has 0 atom stereocenters. The number of halogens is 1. The second-order valence-electron chi connectivity index (χ2n) is 4.08. The highest BCUT2D eigenvalue weighted by Crippen LogP contribution is 2.26. The zero-order valence-corrected chi connectivity index (χ0v) is 10.1. The number of pyridine rings is 1. The number of carboxylic acid groups (broad SMARTS) is 1. The lowest BCUT2D eigenvalue weighted by molar-refractivity contribution is 0.0696. The Balaban J connectivity index is 2.69. The van der Waals surface area contributed by atoms with E-state index in [1.807, 2.05) is 0 Å². The third-order valence-electron chi connectivity index (χ3n) is 2.70. The second-order valence-corrected chi connectivity index (χ2v) is 4.08. The van der Waals surface area contributed by atoms with E-state index < -0.39 is 5.97 Å². The Labute approximate surface area is 104 Å². The van der Waals surface area contributed by atoms with Gasteiger partial charge < -0.3 is 5.11 Å². The van der Waals surface area contributed by atoms with Gasteiger partial charge in [0.15, 0.2) is 0 Å². The Bertz CT molecular complexity index is 606. The fourth-order valence-corrected chi connectivity index (χ4v) is 1.96. The van der Waals surface area contributed by atoms with Crippen LogP contribution in [0.5, 0.6) is 0 Å². The van der Waals surface area contributed by atoms with Crippen molar-refractivity contribution >= 4 is 5.97 Å². The fourth-order valence-electron chi connectivity index (χ4n) is 1.96. The number of carboxylic acids is 1. The average Bonchev–Trinajstić information content (AvgIpc) is 2.28. The van der Waals surface area contributed by atoms with Gasteiger partial charge in [0, 0.05) is 5.69 Å². The van der Waals surface area contributed by atoms with Crippen LogP contribution in [0.1, 0.15) is 21.7 Å². The molecule has 0 aliphatic carbocycles. The van der Waals surface area contributed by atoms with Crippen molar-refractivity contribution in [1.29, 1.82) is 0 Å². The van der Waals surface area contributed by atoms with Crippen LogP contribution in [-0.2, 0) is 0 Å². The normalized spacial score (nSPS) is 10.4. The van der Waals surface area contributed by atoms with Crippen LogP contribution in [0.4, 0.5) is 4.39 Å². The molecule has 1 heterocycles. The molecule has 0 bridgehead atoms. The molecule has 0 unspecified atom stereocenters. The van der Waals surface area contributed by atoms with Gasteiger partial charge in [0.25, 0.3) is 0 Å². The number of carbonyl (C=O) groups is 1. The lowest BCUT2D eigenvalue weighted by atomic mass is 9.98. The van der Waals surface area contributed by atoms with Crippen LogP contribution in [0.2, 0.25) is 0 Å². The maximum Gasteiger partial charge on any atom is 0.338 e. The van der Waals surface area contributed by atoms with Crippen molar-refractivity contribution in [2.45, 2.75) is 13.8 Å². The largest absolute Gasteiger partial charge is 0.478 e. The molecular formula is C14H12FNO2. The maximum atomic E-state index is 12.9. The average molecular weight is 245 g/mol. The van der Waals surface area contributed by atoms with Crippen LogP contribution >= 0.6 is 0 Å². The van der Waals surface area contributed by atoms with Gasteiger partial charge in [-0.05, 0) is 43.2 Å². The van der Waals surface area contributed by atoms with Crippen molar-refractivity contribution in [3.63, 3.8) is 0 Å². The zero-order valence-electron chi connectivity index (χ0n) is 10.1. The van der Waals surface area contributed by atoms with Crippen molar-refractivity contribution in [3.05, 3.63) is 53.1 Å². The fraction of sp³-hybridized carbons (Fsp3) is 0.143. The van der Waals surface area contributed by atoms with E-state index in [0.29, 0.717) is 16.8 Å². The summed E-state index contributed by atoms with van der Waals surface area (Å²) in [5.74, 6) is -1.38. The molecule has 18 heavy (non-hydrogen) atoms. The van der Waals surface area contributed by atoms with Crippen LogP contribution in [0, 0.1) is 19.7 Å². The van der Waals surface area contributed by atoms with Crippen molar-refractivity contribution in [1.82, 2.24) is 4.98 Å². The first kappa shape index (κ1) is 12.2. The van der Waals surface area contributed by atoms with Gasteiger partial charge in [-0.3, -0.25) is 4.98 Å². The first-order valence-corrected chi connectivity index (χ1v) is 5.46. The molecule has 0 aliphatic heterocycles. The Morgan fingerprint density at radius 3 is 2.39 bits per heavy atom. The molecule has 0 aliphatic rings. The molecule has 92 valence electrons. The summed E-state index contributed by atoms with van der Waals surface area (Å²) >= 11 is 0. The van der Waals surface area contributed by atoms with Gasteiger partial charge in [-0.15, -0.1) is 0 Å². The first-order valence-electron chi connectivity index (χ1n) is 5.46. The number of hydrogen-bond donors (Lipinski definition) is 1. The van der Waals surface area contributed by atoms with Gasteiger partial charge in [-0.1, -0.05) is 12.1 Å². The standard InChI is InChI=1S/C14H12FNO2/c1-8-7-12(10-3-5-11(15)6-4-10)13(14(17)18)9(2)16-8/h3-7H,1-2H3,(H,17,18). The summed E-state index contributed by atoms with van der Waals surface area (Å²) in [6.45, 7) is 3.45. The molecule has 1 aromatic carbocycles. The van der Waals surface area contributed by atoms with Crippen LogP contribution in [0.25, 0.3) is 11.1 Å². The van der Waals surface area contributed by atoms with Gasteiger partial charge in [-0.2, -0.15) is 0 Å². The lowest BCUT2D eigenvalue weighted by Crippen LogP contribution is -2.06. The molecule has 0 radical (unpaired) electrons. The minimum atomic E-state index is -1.03. The van der Waals surface area contributed by atoms with E-state index in [4.69, 9.17) is 0 Å². The first-order chi connectivity index (χ1) is 8.49. The van der Waals surface area contributed by atoms with Gasteiger partial charge in [0.05, 0.1) is 11.3 Å². The minimum Gasteiger partial charge on any atom is -0.478 e. The summed E-state index contributed by atoms with van der Waals surface area (Å²) in [5, 5.41) is 9.24. The molecule has 1 aromatic heterocycles. The molecule has 0 fully saturated rings. The Morgan fingerprint density at radius 2 is 1.83 bits per heavy atom.